The van der Waals surface area contributed by atoms with Gasteiger partial charge < -0.3 is 19.2 Å². The first-order valence-corrected chi connectivity index (χ1v) is 10.8. The van der Waals surface area contributed by atoms with Crippen molar-refractivity contribution in [2.75, 3.05) is 13.2 Å². The quantitative estimate of drug-likeness (QED) is 0.521. The Morgan fingerprint density at radius 3 is 2.62 bits per heavy atom. The minimum absolute atomic E-state index is 0.0316. The number of rotatable bonds is 4. The Bertz CT molecular complexity index is 1050. The van der Waals surface area contributed by atoms with Crippen molar-refractivity contribution in [3.8, 4) is 17.1 Å². The molecule has 0 unspecified atom stereocenters. The number of nitrogens with one attached hydrogen (secondary N) is 1. The average Bonchev–Trinajstić information content (AvgIpc) is 3.45. The van der Waals surface area contributed by atoms with Gasteiger partial charge in [0.15, 0.2) is 0 Å². The number of hydrogen-bond donors (Lipinski definition) is 1. The highest BCUT2D eigenvalue weighted by atomic mass is 19.4. The van der Waals surface area contributed by atoms with Crippen LogP contribution in [0.2, 0.25) is 0 Å². The van der Waals surface area contributed by atoms with Crippen molar-refractivity contribution in [3.63, 3.8) is 0 Å². The molecule has 0 saturated carbocycles. The molecule has 3 heterocycles. The molecule has 1 spiro atoms. The van der Waals surface area contributed by atoms with Crippen molar-refractivity contribution >= 4 is 0 Å². The lowest BCUT2D eigenvalue weighted by molar-refractivity contribution is -0.274. The molecule has 32 heavy (non-hydrogen) atoms. The van der Waals surface area contributed by atoms with Crippen molar-refractivity contribution < 1.29 is 27.1 Å². The summed E-state index contributed by atoms with van der Waals surface area (Å²) in [5.74, 6) is 0.295. The third-order valence-corrected chi connectivity index (χ3v) is 6.43. The molecule has 2 aliphatic heterocycles. The van der Waals surface area contributed by atoms with Crippen LogP contribution in [0.15, 0.2) is 71.3 Å². The van der Waals surface area contributed by atoms with E-state index in [1.165, 1.54) is 12.1 Å². The zero-order valence-electron chi connectivity index (χ0n) is 17.4. The normalized spacial score (nSPS) is 25.8. The minimum Gasteiger partial charge on any atom is -0.464 e. The Balaban J connectivity index is 1.50. The van der Waals surface area contributed by atoms with Crippen LogP contribution in [0.1, 0.15) is 42.3 Å². The van der Waals surface area contributed by atoms with E-state index in [9.17, 15) is 13.2 Å². The molecule has 0 aliphatic carbocycles. The maximum absolute atomic E-state index is 12.9. The second-order valence-corrected chi connectivity index (χ2v) is 8.45. The van der Waals surface area contributed by atoms with E-state index in [1.807, 2.05) is 24.3 Å². The molecule has 0 amide bonds. The average molecular weight is 443 g/mol. The van der Waals surface area contributed by atoms with Gasteiger partial charge in [-0.1, -0.05) is 30.3 Å². The SMILES string of the molecule is FC(F)(F)Oc1ccc(-c2ccco2)c([C@H]2CO[C@]3(CCCN[C@H]3c3ccccc3)C2)c1. The third kappa shape index (κ3) is 4.14. The number of furan rings is 1. The Hall–Kier alpha value is -2.77. The van der Waals surface area contributed by atoms with Crippen LogP contribution >= 0.6 is 0 Å². The molecular weight excluding hydrogens is 419 g/mol. The summed E-state index contributed by atoms with van der Waals surface area (Å²) >= 11 is 0. The summed E-state index contributed by atoms with van der Waals surface area (Å²) in [7, 11) is 0. The molecule has 4 nitrogen and oxygen atoms in total. The first-order chi connectivity index (χ1) is 15.4. The molecule has 2 fully saturated rings. The van der Waals surface area contributed by atoms with E-state index in [-0.39, 0.29) is 17.7 Å². The highest BCUT2D eigenvalue weighted by Crippen LogP contribution is 2.50. The molecule has 0 radical (unpaired) electrons. The van der Waals surface area contributed by atoms with Crippen LogP contribution in [0, 0.1) is 0 Å². The topological polar surface area (TPSA) is 43.6 Å². The Labute approximate surface area is 184 Å². The van der Waals surface area contributed by atoms with Crippen molar-refractivity contribution in [1.82, 2.24) is 5.32 Å². The Kier molecular flexibility index (Phi) is 5.47. The van der Waals surface area contributed by atoms with Crippen LogP contribution in [0.4, 0.5) is 13.2 Å². The molecule has 2 aromatic carbocycles. The molecule has 7 heteroatoms. The summed E-state index contributed by atoms with van der Waals surface area (Å²) in [4.78, 5) is 0. The smallest absolute Gasteiger partial charge is 0.464 e. The number of hydrogen-bond acceptors (Lipinski definition) is 4. The monoisotopic (exact) mass is 443 g/mol. The number of ether oxygens (including phenoxy) is 2. The van der Waals surface area contributed by atoms with Gasteiger partial charge in [-0.05, 0) is 67.3 Å². The predicted octanol–water partition coefficient (Wildman–Crippen LogP) is 6.21. The summed E-state index contributed by atoms with van der Waals surface area (Å²) in [6.45, 7) is 1.33. The van der Waals surface area contributed by atoms with Crippen LogP contribution in [0.5, 0.6) is 5.75 Å². The zero-order valence-corrected chi connectivity index (χ0v) is 17.4. The van der Waals surface area contributed by atoms with Gasteiger partial charge in [-0.25, -0.2) is 0 Å². The van der Waals surface area contributed by atoms with Gasteiger partial charge in [0.05, 0.1) is 24.5 Å². The van der Waals surface area contributed by atoms with E-state index in [4.69, 9.17) is 9.15 Å². The van der Waals surface area contributed by atoms with Crippen molar-refractivity contribution in [2.24, 2.45) is 0 Å². The van der Waals surface area contributed by atoms with Crippen LogP contribution in [0.25, 0.3) is 11.3 Å². The van der Waals surface area contributed by atoms with Crippen LogP contribution in [-0.4, -0.2) is 25.1 Å². The second-order valence-electron chi connectivity index (χ2n) is 8.45. The predicted molar refractivity (Wildman–Crippen MR) is 113 cm³/mol. The molecule has 0 bridgehead atoms. The lowest BCUT2D eigenvalue weighted by Gasteiger charge is -2.41. The van der Waals surface area contributed by atoms with E-state index < -0.39 is 12.0 Å². The fourth-order valence-electron chi connectivity index (χ4n) is 5.14. The summed E-state index contributed by atoms with van der Waals surface area (Å²) < 4.78 is 54.9. The van der Waals surface area contributed by atoms with Crippen molar-refractivity contribution in [2.45, 2.75) is 43.2 Å². The highest BCUT2D eigenvalue weighted by molar-refractivity contribution is 5.65. The second kappa shape index (κ2) is 8.30. The summed E-state index contributed by atoms with van der Waals surface area (Å²) in [6, 6.07) is 18.2. The number of alkyl halides is 3. The van der Waals surface area contributed by atoms with Crippen LogP contribution in [0.3, 0.4) is 0 Å². The fourth-order valence-corrected chi connectivity index (χ4v) is 5.14. The largest absolute Gasteiger partial charge is 0.573 e. The molecular formula is C25H24F3NO3. The lowest BCUT2D eigenvalue weighted by Crippen LogP contribution is -2.48. The first-order valence-electron chi connectivity index (χ1n) is 10.8. The van der Waals surface area contributed by atoms with Gasteiger partial charge in [0.25, 0.3) is 0 Å². The standard InChI is InChI=1S/C25H24F3NO3/c26-25(27,28)32-19-9-10-20(22-8-4-13-30-22)21(14-19)18-15-24(31-16-18)11-5-12-29-23(24)17-6-2-1-3-7-17/h1-4,6-10,13-14,18,23,29H,5,11-12,15-16H2/t18-,23+,24-/m1/s1. The highest BCUT2D eigenvalue weighted by Gasteiger charge is 2.49. The van der Waals surface area contributed by atoms with E-state index in [0.29, 0.717) is 18.8 Å². The summed E-state index contributed by atoms with van der Waals surface area (Å²) in [5.41, 5.74) is 2.26. The number of halogens is 3. The maximum Gasteiger partial charge on any atom is 0.573 e. The third-order valence-electron chi connectivity index (χ3n) is 6.43. The van der Waals surface area contributed by atoms with Crippen molar-refractivity contribution in [3.05, 3.63) is 78.1 Å². The fraction of sp³-hybridized carbons (Fsp3) is 0.360. The molecule has 2 aliphatic rings. The van der Waals surface area contributed by atoms with Gasteiger partial charge in [0, 0.05) is 11.5 Å². The van der Waals surface area contributed by atoms with Gasteiger partial charge in [-0.3, -0.25) is 0 Å². The molecule has 1 aromatic heterocycles. The molecule has 1 N–H and O–H groups in total. The van der Waals surface area contributed by atoms with Crippen molar-refractivity contribution in [1.29, 1.82) is 0 Å². The summed E-state index contributed by atoms with van der Waals surface area (Å²) in [6.07, 6.45) is -0.614. The summed E-state index contributed by atoms with van der Waals surface area (Å²) in [5, 5.41) is 3.61. The molecule has 5 rings (SSSR count). The van der Waals surface area contributed by atoms with Gasteiger partial charge >= 0.3 is 6.36 Å². The number of piperidine rings is 1. The maximum atomic E-state index is 12.9. The Morgan fingerprint density at radius 2 is 1.88 bits per heavy atom. The number of benzene rings is 2. The van der Waals surface area contributed by atoms with E-state index in [1.54, 1.807) is 18.4 Å². The van der Waals surface area contributed by atoms with Crippen LogP contribution in [-0.2, 0) is 4.74 Å². The zero-order chi connectivity index (χ0) is 22.2. The van der Waals surface area contributed by atoms with Gasteiger partial charge in [-0.15, -0.1) is 13.2 Å². The van der Waals surface area contributed by atoms with E-state index in [0.717, 1.165) is 36.1 Å². The minimum atomic E-state index is -4.75. The molecule has 2 saturated heterocycles. The first kappa shape index (κ1) is 21.1. The molecule has 3 atom stereocenters. The van der Waals surface area contributed by atoms with Gasteiger partial charge in [-0.2, -0.15) is 0 Å². The van der Waals surface area contributed by atoms with Gasteiger partial charge in [0.1, 0.15) is 11.5 Å². The Morgan fingerprint density at radius 1 is 1.03 bits per heavy atom. The van der Waals surface area contributed by atoms with E-state index >= 15 is 0 Å². The lowest BCUT2D eigenvalue weighted by atomic mass is 9.76. The van der Waals surface area contributed by atoms with E-state index in [2.05, 4.69) is 22.2 Å². The van der Waals surface area contributed by atoms with Gasteiger partial charge in [0.2, 0.25) is 0 Å². The molecule has 168 valence electrons. The molecule has 3 aromatic rings. The van der Waals surface area contributed by atoms with Crippen LogP contribution < -0.4 is 10.1 Å².